The first-order chi connectivity index (χ1) is 8.32. The molecule has 1 fully saturated rings. The zero-order valence-corrected chi connectivity index (χ0v) is 9.12. The molecule has 1 nitrogen and oxygen atoms in total. The van der Waals surface area contributed by atoms with Crippen LogP contribution < -0.4 is 4.90 Å². The average molecular weight is 269 g/mol. The predicted molar refractivity (Wildman–Crippen MR) is 52.8 cm³/mol. The zero-order chi connectivity index (χ0) is 13.5. The fourth-order valence-corrected chi connectivity index (χ4v) is 2.03. The second-order valence-electron chi connectivity index (χ2n) is 4.07. The first kappa shape index (κ1) is 13.0. The van der Waals surface area contributed by atoms with Gasteiger partial charge in [0.2, 0.25) is 0 Å². The number of hydrogen-bond acceptors (Lipinski definition) is 1. The fourth-order valence-electron chi connectivity index (χ4n) is 2.03. The molecule has 7 heteroatoms. The van der Waals surface area contributed by atoms with Crippen LogP contribution in [0, 0.1) is 17.5 Å². The summed E-state index contributed by atoms with van der Waals surface area (Å²) in [4.78, 5) is 1.33. The zero-order valence-electron chi connectivity index (χ0n) is 9.12. The molecule has 1 aromatic carbocycles. The lowest BCUT2D eigenvalue weighted by Gasteiger charge is -2.20. The van der Waals surface area contributed by atoms with Crippen LogP contribution in [0.15, 0.2) is 6.07 Å². The Bertz CT molecular complexity index is 462. The van der Waals surface area contributed by atoms with E-state index in [1.165, 1.54) is 4.90 Å². The van der Waals surface area contributed by atoms with E-state index in [0.29, 0.717) is 32.0 Å². The maximum Gasteiger partial charge on any atom is 0.422 e. The quantitative estimate of drug-likeness (QED) is 0.554. The van der Waals surface area contributed by atoms with E-state index in [0.717, 1.165) is 0 Å². The van der Waals surface area contributed by atoms with Crippen molar-refractivity contribution in [3.63, 3.8) is 0 Å². The normalized spacial score (nSPS) is 16.4. The van der Waals surface area contributed by atoms with E-state index in [-0.39, 0.29) is 0 Å². The van der Waals surface area contributed by atoms with Gasteiger partial charge in [-0.25, -0.2) is 13.2 Å². The number of benzene rings is 1. The molecular formula is C11H9F6N. The molecule has 0 amide bonds. The van der Waals surface area contributed by atoms with E-state index in [1.807, 2.05) is 0 Å². The summed E-state index contributed by atoms with van der Waals surface area (Å²) in [6, 6.07) is 0.409. The number of alkyl halides is 3. The topological polar surface area (TPSA) is 3.24 Å². The second kappa shape index (κ2) is 4.37. The molecule has 2 rings (SSSR count). The molecule has 0 atom stereocenters. The minimum atomic E-state index is -5.25. The van der Waals surface area contributed by atoms with Gasteiger partial charge in [-0.05, 0) is 12.8 Å². The van der Waals surface area contributed by atoms with Gasteiger partial charge in [0.15, 0.2) is 11.6 Å². The molecule has 1 saturated heterocycles. The van der Waals surface area contributed by atoms with Crippen LogP contribution in [-0.4, -0.2) is 13.1 Å². The highest BCUT2D eigenvalue weighted by atomic mass is 19.4. The minimum absolute atomic E-state index is 0.376. The van der Waals surface area contributed by atoms with Crippen molar-refractivity contribution in [3.8, 4) is 0 Å². The number of hydrogen-bond donors (Lipinski definition) is 0. The number of halogens is 6. The highest BCUT2D eigenvalue weighted by Crippen LogP contribution is 2.38. The third-order valence-corrected chi connectivity index (χ3v) is 2.87. The lowest BCUT2D eigenvalue weighted by Crippen LogP contribution is -2.22. The van der Waals surface area contributed by atoms with Crippen LogP contribution >= 0.6 is 0 Å². The van der Waals surface area contributed by atoms with E-state index in [9.17, 15) is 26.3 Å². The second-order valence-corrected chi connectivity index (χ2v) is 4.07. The van der Waals surface area contributed by atoms with Gasteiger partial charge in [-0.1, -0.05) is 0 Å². The van der Waals surface area contributed by atoms with Crippen molar-refractivity contribution in [2.75, 3.05) is 18.0 Å². The van der Waals surface area contributed by atoms with Gasteiger partial charge in [0.1, 0.15) is 11.4 Å². The molecule has 0 aromatic heterocycles. The van der Waals surface area contributed by atoms with E-state index in [2.05, 4.69) is 0 Å². The lowest BCUT2D eigenvalue weighted by atomic mass is 10.1. The van der Waals surface area contributed by atoms with Crippen LogP contribution in [0.4, 0.5) is 32.0 Å². The molecule has 0 aliphatic carbocycles. The third-order valence-electron chi connectivity index (χ3n) is 2.87. The van der Waals surface area contributed by atoms with Gasteiger partial charge >= 0.3 is 6.18 Å². The molecule has 0 unspecified atom stereocenters. The molecule has 1 aliphatic heterocycles. The first-order valence-electron chi connectivity index (χ1n) is 5.32. The maximum atomic E-state index is 13.5. The SMILES string of the molecule is Fc1cc(N2CCCC2)c(F)c(F)c1C(F)(F)F. The summed E-state index contributed by atoms with van der Waals surface area (Å²) in [6.07, 6.45) is -3.83. The van der Waals surface area contributed by atoms with Crippen LogP contribution in [0.5, 0.6) is 0 Å². The van der Waals surface area contributed by atoms with Crippen LogP contribution in [0.1, 0.15) is 18.4 Å². The Kier molecular flexibility index (Phi) is 3.16. The minimum Gasteiger partial charge on any atom is -0.369 e. The lowest BCUT2D eigenvalue weighted by molar-refractivity contribution is -0.142. The monoisotopic (exact) mass is 269 g/mol. The van der Waals surface area contributed by atoms with E-state index in [4.69, 9.17) is 0 Å². The third kappa shape index (κ3) is 2.13. The Morgan fingerprint density at radius 3 is 2.00 bits per heavy atom. The molecule has 100 valence electrons. The summed E-state index contributed by atoms with van der Waals surface area (Å²) >= 11 is 0. The summed E-state index contributed by atoms with van der Waals surface area (Å²) in [5.41, 5.74) is -2.63. The largest absolute Gasteiger partial charge is 0.422 e. The molecule has 0 radical (unpaired) electrons. The Balaban J connectivity index is 2.54. The molecule has 0 spiro atoms. The van der Waals surface area contributed by atoms with Crippen LogP contribution in [0.25, 0.3) is 0 Å². The van der Waals surface area contributed by atoms with Crippen molar-refractivity contribution in [3.05, 3.63) is 29.1 Å². The van der Waals surface area contributed by atoms with Crippen molar-refractivity contribution in [1.82, 2.24) is 0 Å². The van der Waals surface area contributed by atoms with Gasteiger partial charge in [0, 0.05) is 19.2 Å². The van der Waals surface area contributed by atoms with Crippen LogP contribution in [-0.2, 0) is 6.18 Å². The van der Waals surface area contributed by atoms with Gasteiger partial charge in [-0.2, -0.15) is 13.2 Å². The molecule has 0 saturated carbocycles. The van der Waals surface area contributed by atoms with Crippen molar-refractivity contribution in [2.45, 2.75) is 19.0 Å². The first-order valence-corrected chi connectivity index (χ1v) is 5.32. The smallest absolute Gasteiger partial charge is 0.369 e. The molecular weight excluding hydrogens is 260 g/mol. The highest BCUT2D eigenvalue weighted by Gasteiger charge is 2.40. The standard InChI is InChI=1S/C11H9F6N/c12-6-5-7(18-3-1-2-4-18)9(13)10(14)8(6)11(15,16)17/h5H,1-4H2. The van der Waals surface area contributed by atoms with Gasteiger partial charge in [-0.15, -0.1) is 0 Å². The van der Waals surface area contributed by atoms with Gasteiger partial charge < -0.3 is 4.90 Å². The number of nitrogens with zero attached hydrogens (tertiary/aromatic N) is 1. The van der Waals surface area contributed by atoms with Crippen molar-refractivity contribution in [2.24, 2.45) is 0 Å². The Labute approximate surface area is 99.0 Å². The summed E-state index contributed by atoms with van der Waals surface area (Å²) in [5, 5.41) is 0. The van der Waals surface area contributed by atoms with Crippen molar-refractivity contribution < 1.29 is 26.3 Å². The van der Waals surface area contributed by atoms with Crippen molar-refractivity contribution >= 4 is 5.69 Å². The average Bonchev–Trinajstić information content (AvgIpc) is 2.74. The molecule has 1 heterocycles. The molecule has 18 heavy (non-hydrogen) atoms. The number of anilines is 1. The molecule has 1 aliphatic rings. The predicted octanol–water partition coefficient (Wildman–Crippen LogP) is 3.72. The van der Waals surface area contributed by atoms with E-state index >= 15 is 0 Å². The van der Waals surface area contributed by atoms with Crippen LogP contribution in [0.2, 0.25) is 0 Å². The molecule has 0 bridgehead atoms. The van der Waals surface area contributed by atoms with E-state index < -0.39 is 34.9 Å². The summed E-state index contributed by atoms with van der Waals surface area (Å²) in [7, 11) is 0. The fraction of sp³-hybridized carbons (Fsp3) is 0.455. The maximum absolute atomic E-state index is 13.5. The summed E-state index contributed by atoms with van der Waals surface area (Å²) < 4.78 is 77.2. The van der Waals surface area contributed by atoms with Crippen molar-refractivity contribution in [1.29, 1.82) is 0 Å². The Morgan fingerprint density at radius 2 is 1.50 bits per heavy atom. The molecule has 0 N–H and O–H groups in total. The Hall–Kier alpha value is -1.40. The van der Waals surface area contributed by atoms with Gasteiger partial charge in [0.05, 0.1) is 5.69 Å². The highest BCUT2D eigenvalue weighted by molar-refractivity contribution is 5.51. The Morgan fingerprint density at radius 1 is 0.944 bits per heavy atom. The van der Waals surface area contributed by atoms with Crippen LogP contribution in [0.3, 0.4) is 0 Å². The van der Waals surface area contributed by atoms with E-state index in [1.54, 1.807) is 0 Å². The van der Waals surface area contributed by atoms with Gasteiger partial charge in [-0.3, -0.25) is 0 Å². The van der Waals surface area contributed by atoms with Gasteiger partial charge in [0.25, 0.3) is 0 Å². The number of rotatable bonds is 1. The summed E-state index contributed by atoms with van der Waals surface area (Å²) in [5.74, 6) is -5.61. The molecule has 1 aromatic rings. The summed E-state index contributed by atoms with van der Waals surface area (Å²) in [6.45, 7) is 0.752.